The summed E-state index contributed by atoms with van der Waals surface area (Å²) in [6.45, 7) is 7.98. The van der Waals surface area contributed by atoms with Gasteiger partial charge in [0.1, 0.15) is 11.6 Å². The summed E-state index contributed by atoms with van der Waals surface area (Å²) in [4.78, 5) is 19.4. The number of urea groups is 1. The average molecular weight is 473 g/mol. The van der Waals surface area contributed by atoms with Gasteiger partial charge < -0.3 is 20.6 Å². The Balaban J connectivity index is 1.44. The van der Waals surface area contributed by atoms with Crippen LogP contribution >= 0.6 is 0 Å². The molecule has 0 atom stereocenters. The van der Waals surface area contributed by atoms with Gasteiger partial charge in [0.15, 0.2) is 5.65 Å². The minimum atomic E-state index is -0.0861. The van der Waals surface area contributed by atoms with Gasteiger partial charge >= 0.3 is 6.03 Å². The number of benzene rings is 2. The number of para-hydroxylation sites is 2. The largest absolute Gasteiger partial charge is 0.507 e. The third-order valence-electron chi connectivity index (χ3n) is 5.91. The summed E-state index contributed by atoms with van der Waals surface area (Å²) in [6.07, 6.45) is 3.42. The van der Waals surface area contributed by atoms with Crippen molar-refractivity contribution in [1.29, 1.82) is 0 Å². The van der Waals surface area contributed by atoms with E-state index in [0.29, 0.717) is 30.9 Å². The van der Waals surface area contributed by atoms with Gasteiger partial charge in [0, 0.05) is 42.5 Å². The maximum Gasteiger partial charge on any atom is 0.321 e. The predicted octanol–water partition coefficient (Wildman–Crippen LogP) is 5.46. The van der Waals surface area contributed by atoms with Crippen LogP contribution in [0.25, 0.3) is 16.9 Å². The lowest BCUT2D eigenvalue weighted by molar-refractivity contribution is 0.211. The van der Waals surface area contributed by atoms with E-state index in [0.717, 1.165) is 41.1 Å². The van der Waals surface area contributed by atoms with E-state index in [9.17, 15) is 9.90 Å². The minimum Gasteiger partial charge on any atom is -0.507 e. The molecule has 2 aromatic heterocycles. The molecule has 0 saturated heterocycles. The second-order valence-electron chi connectivity index (χ2n) is 8.62. The van der Waals surface area contributed by atoms with Crippen LogP contribution in [0.3, 0.4) is 0 Å². The van der Waals surface area contributed by atoms with E-state index in [2.05, 4.69) is 22.7 Å². The summed E-state index contributed by atoms with van der Waals surface area (Å²) in [5.41, 5.74) is 4.90. The molecule has 0 aliphatic carbocycles. The molecule has 2 heterocycles. The minimum absolute atomic E-state index is 0.0861. The number of amides is 2. The van der Waals surface area contributed by atoms with E-state index in [1.807, 2.05) is 61.2 Å². The van der Waals surface area contributed by atoms with Crippen molar-refractivity contribution >= 4 is 23.2 Å². The second-order valence-corrected chi connectivity index (χ2v) is 8.62. The van der Waals surface area contributed by atoms with Crippen molar-refractivity contribution < 1.29 is 9.90 Å². The number of phenolic OH excluding ortho intramolecular Hbond substituents is 1. The number of hydrogen-bond acceptors (Lipinski definition) is 5. The van der Waals surface area contributed by atoms with Crippen LogP contribution in [0.1, 0.15) is 30.9 Å². The number of aryl methyl sites for hydroxylation is 2. The molecule has 0 bridgehead atoms. The molecule has 0 radical (unpaired) electrons. The summed E-state index contributed by atoms with van der Waals surface area (Å²) in [7, 11) is 0. The van der Waals surface area contributed by atoms with Crippen molar-refractivity contribution in [1.82, 2.24) is 19.5 Å². The van der Waals surface area contributed by atoms with Gasteiger partial charge in [0.05, 0.1) is 11.9 Å². The van der Waals surface area contributed by atoms with Crippen LogP contribution in [0.4, 0.5) is 16.3 Å². The van der Waals surface area contributed by atoms with E-state index in [1.54, 1.807) is 22.8 Å². The molecule has 0 saturated carbocycles. The highest BCUT2D eigenvalue weighted by molar-refractivity contribution is 5.90. The highest BCUT2D eigenvalue weighted by Gasteiger charge is 2.15. The van der Waals surface area contributed by atoms with Crippen LogP contribution < -0.4 is 10.6 Å². The Hall–Kier alpha value is -4.07. The summed E-state index contributed by atoms with van der Waals surface area (Å²) in [6, 6.07) is 16.8. The van der Waals surface area contributed by atoms with Crippen LogP contribution in [0.5, 0.6) is 5.75 Å². The van der Waals surface area contributed by atoms with Crippen LogP contribution in [-0.2, 0) is 0 Å². The van der Waals surface area contributed by atoms with Gasteiger partial charge in [-0.1, -0.05) is 37.3 Å². The van der Waals surface area contributed by atoms with Crippen LogP contribution in [-0.4, -0.2) is 50.3 Å². The number of aromatic hydroxyl groups is 1. The first-order valence-electron chi connectivity index (χ1n) is 12.0. The molecule has 8 nitrogen and oxygen atoms in total. The van der Waals surface area contributed by atoms with Gasteiger partial charge in [-0.3, -0.25) is 0 Å². The number of carbonyl (C=O) groups excluding carboxylic acids is 1. The molecule has 4 rings (SSSR count). The topological polar surface area (TPSA) is 94.8 Å². The lowest BCUT2D eigenvalue weighted by atomic mass is 10.1. The molecular weight excluding hydrogens is 440 g/mol. The Morgan fingerprint density at radius 2 is 1.83 bits per heavy atom. The zero-order valence-corrected chi connectivity index (χ0v) is 20.5. The van der Waals surface area contributed by atoms with E-state index in [4.69, 9.17) is 4.98 Å². The highest BCUT2D eigenvalue weighted by atomic mass is 16.3. The van der Waals surface area contributed by atoms with Crippen LogP contribution in [0.2, 0.25) is 0 Å². The average Bonchev–Trinajstić information content (AvgIpc) is 3.23. The first-order valence-corrected chi connectivity index (χ1v) is 12.0. The first kappa shape index (κ1) is 24.1. The van der Waals surface area contributed by atoms with E-state index in [-0.39, 0.29) is 11.8 Å². The molecule has 4 aromatic rings. The van der Waals surface area contributed by atoms with Crippen molar-refractivity contribution in [3.05, 3.63) is 71.9 Å². The van der Waals surface area contributed by atoms with Gasteiger partial charge in [0.2, 0.25) is 0 Å². The number of carbonyl (C=O) groups is 1. The number of anilines is 2. The Morgan fingerprint density at radius 1 is 1.06 bits per heavy atom. The van der Waals surface area contributed by atoms with Crippen molar-refractivity contribution in [2.24, 2.45) is 0 Å². The normalized spacial score (nSPS) is 10.9. The summed E-state index contributed by atoms with van der Waals surface area (Å²) in [5.74, 6) is 0.968. The fraction of sp³-hybridized carbons (Fsp3) is 0.296. The van der Waals surface area contributed by atoms with Crippen LogP contribution in [0, 0.1) is 13.8 Å². The number of phenols is 1. The molecule has 0 unspecified atom stereocenters. The number of nitrogens with zero attached hydrogens (tertiary/aromatic N) is 4. The van der Waals surface area contributed by atoms with Gasteiger partial charge in [0.25, 0.3) is 0 Å². The lowest BCUT2D eigenvalue weighted by Crippen LogP contribution is -2.37. The van der Waals surface area contributed by atoms with Gasteiger partial charge in [-0.2, -0.15) is 9.61 Å². The smallest absolute Gasteiger partial charge is 0.321 e. The molecule has 0 aliphatic rings. The fourth-order valence-electron chi connectivity index (χ4n) is 4.01. The van der Waals surface area contributed by atoms with E-state index in [1.165, 1.54) is 0 Å². The molecule has 0 fully saturated rings. The predicted molar refractivity (Wildman–Crippen MR) is 140 cm³/mol. The Labute approximate surface area is 205 Å². The van der Waals surface area contributed by atoms with Gasteiger partial charge in [-0.25, -0.2) is 9.78 Å². The Bertz CT molecular complexity index is 1320. The maximum absolute atomic E-state index is 12.9. The SMILES string of the molecule is CCCN(CCCNc1cc(-c2ccccc2O)nc2c(C)cnn12)C(=O)Nc1ccccc1C. The molecule has 8 heteroatoms. The van der Waals surface area contributed by atoms with Crippen molar-refractivity contribution in [3.63, 3.8) is 0 Å². The second kappa shape index (κ2) is 10.9. The highest BCUT2D eigenvalue weighted by Crippen LogP contribution is 2.30. The van der Waals surface area contributed by atoms with E-state index >= 15 is 0 Å². The summed E-state index contributed by atoms with van der Waals surface area (Å²) in [5, 5.41) is 21.3. The Kier molecular flexibility index (Phi) is 7.50. The number of fused-ring (bicyclic) bond motifs is 1. The lowest BCUT2D eigenvalue weighted by Gasteiger charge is -2.23. The number of hydrogen-bond donors (Lipinski definition) is 3. The standard InChI is InChI=1S/C27H32N6O2/c1-4-15-32(27(35)31-22-12-7-5-10-19(22)2)16-9-14-28-25-17-23(21-11-6-8-13-24(21)34)30-26-20(3)18-29-33(25)26/h5-8,10-13,17-18,28,34H,4,9,14-16H2,1-3H3,(H,31,35). The summed E-state index contributed by atoms with van der Waals surface area (Å²) < 4.78 is 1.77. The van der Waals surface area contributed by atoms with Crippen molar-refractivity contribution in [2.45, 2.75) is 33.6 Å². The fourth-order valence-corrected chi connectivity index (χ4v) is 4.01. The molecular formula is C27H32N6O2. The molecule has 3 N–H and O–H groups in total. The Morgan fingerprint density at radius 3 is 2.60 bits per heavy atom. The maximum atomic E-state index is 12.9. The summed E-state index contributed by atoms with van der Waals surface area (Å²) >= 11 is 0. The third kappa shape index (κ3) is 5.54. The van der Waals surface area contributed by atoms with Gasteiger partial charge in [-0.05, 0) is 50.5 Å². The monoisotopic (exact) mass is 472 g/mol. The van der Waals surface area contributed by atoms with Gasteiger partial charge in [-0.15, -0.1) is 0 Å². The van der Waals surface area contributed by atoms with Crippen LogP contribution in [0.15, 0.2) is 60.8 Å². The zero-order valence-electron chi connectivity index (χ0n) is 20.5. The number of nitrogens with one attached hydrogen (secondary N) is 2. The zero-order chi connectivity index (χ0) is 24.8. The molecule has 0 aliphatic heterocycles. The molecule has 182 valence electrons. The van der Waals surface area contributed by atoms with Crippen molar-refractivity contribution in [2.75, 3.05) is 30.3 Å². The number of rotatable bonds is 9. The quantitative estimate of drug-likeness (QED) is 0.281. The molecule has 2 aromatic carbocycles. The molecule has 0 spiro atoms. The number of aromatic nitrogens is 3. The first-order chi connectivity index (χ1) is 17.0. The molecule has 35 heavy (non-hydrogen) atoms. The molecule has 2 amide bonds. The third-order valence-corrected chi connectivity index (χ3v) is 5.91. The van der Waals surface area contributed by atoms with E-state index < -0.39 is 0 Å². The van der Waals surface area contributed by atoms with Crippen molar-refractivity contribution in [3.8, 4) is 17.0 Å².